The minimum atomic E-state index is -0.342. The molecule has 0 aliphatic heterocycles. The summed E-state index contributed by atoms with van der Waals surface area (Å²) >= 11 is 0. The zero-order chi connectivity index (χ0) is 18.0. The Morgan fingerprint density at radius 2 is 1.84 bits per heavy atom. The van der Waals surface area contributed by atoms with Crippen molar-refractivity contribution in [3.05, 3.63) is 82.4 Å². The minimum absolute atomic E-state index is 0.280. The lowest BCUT2D eigenvalue weighted by Crippen LogP contribution is -2.14. The fourth-order valence-corrected chi connectivity index (χ4v) is 2.80. The Bertz CT molecular complexity index is 916. The number of amides is 1. The number of nitrogens with one attached hydrogen (secondary N) is 1. The van der Waals surface area contributed by atoms with Gasteiger partial charge in [-0.3, -0.25) is 9.48 Å². The summed E-state index contributed by atoms with van der Waals surface area (Å²) in [4.78, 5) is 12.6. The van der Waals surface area contributed by atoms with Crippen LogP contribution in [0.3, 0.4) is 0 Å². The van der Waals surface area contributed by atoms with Gasteiger partial charge in [-0.2, -0.15) is 5.10 Å². The smallest absolute Gasteiger partial charge is 0.259 e. The molecule has 0 radical (unpaired) electrons. The molecule has 1 N–H and O–H groups in total. The van der Waals surface area contributed by atoms with E-state index in [1.165, 1.54) is 6.07 Å². The normalized spacial score (nSPS) is 10.7. The van der Waals surface area contributed by atoms with Crippen LogP contribution >= 0.6 is 0 Å². The molecule has 0 aliphatic carbocycles. The van der Waals surface area contributed by atoms with E-state index >= 15 is 0 Å². The van der Waals surface area contributed by atoms with Crippen LogP contribution in [-0.2, 0) is 6.54 Å². The van der Waals surface area contributed by atoms with Gasteiger partial charge in [0.2, 0.25) is 0 Å². The molecule has 25 heavy (non-hydrogen) atoms. The predicted molar refractivity (Wildman–Crippen MR) is 96.3 cm³/mol. The lowest BCUT2D eigenvalue weighted by molar-refractivity contribution is 0.102. The molecule has 2 aromatic carbocycles. The molecule has 0 saturated heterocycles. The molecule has 1 aromatic heterocycles. The molecular weight excluding hydrogens is 317 g/mol. The summed E-state index contributed by atoms with van der Waals surface area (Å²) in [5.41, 5.74) is 4.05. The van der Waals surface area contributed by atoms with Crippen LogP contribution < -0.4 is 5.32 Å². The standard InChI is InChI=1S/C20H20FN3O/c1-13-9-10-17(11-18(13)21)22-20(25)19-14(2)23-24(15(19)3)12-16-7-5-4-6-8-16/h4-11H,12H2,1-3H3,(H,22,25). The van der Waals surface area contributed by atoms with E-state index in [0.29, 0.717) is 29.1 Å². The van der Waals surface area contributed by atoms with Crippen molar-refractivity contribution in [2.45, 2.75) is 27.3 Å². The first-order valence-corrected chi connectivity index (χ1v) is 8.11. The van der Waals surface area contributed by atoms with Gasteiger partial charge in [-0.15, -0.1) is 0 Å². The summed E-state index contributed by atoms with van der Waals surface area (Å²) < 4.78 is 15.5. The average Bonchev–Trinajstić information content (AvgIpc) is 2.86. The molecule has 128 valence electrons. The lowest BCUT2D eigenvalue weighted by atomic mass is 10.1. The molecule has 1 amide bonds. The SMILES string of the molecule is Cc1ccc(NC(=O)c2c(C)nn(Cc3ccccc3)c2C)cc1F. The van der Waals surface area contributed by atoms with Gasteiger partial charge < -0.3 is 5.32 Å². The fourth-order valence-electron chi connectivity index (χ4n) is 2.80. The van der Waals surface area contributed by atoms with Crippen LogP contribution in [0.15, 0.2) is 48.5 Å². The monoisotopic (exact) mass is 337 g/mol. The number of carbonyl (C=O) groups is 1. The quantitative estimate of drug-likeness (QED) is 0.774. The molecule has 3 aromatic rings. The molecule has 0 spiro atoms. The van der Waals surface area contributed by atoms with Crippen LogP contribution in [0.2, 0.25) is 0 Å². The Morgan fingerprint density at radius 3 is 2.52 bits per heavy atom. The average molecular weight is 337 g/mol. The minimum Gasteiger partial charge on any atom is -0.322 e. The van der Waals surface area contributed by atoms with Gasteiger partial charge >= 0.3 is 0 Å². The number of aryl methyl sites for hydroxylation is 2. The second-order valence-corrected chi connectivity index (χ2v) is 6.11. The highest BCUT2D eigenvalue weighted by Gasteiger charge is 2.19. The molecule has 0 fully saturated rings. The maximum Gasteiger partial charge on any atom is 0.259 e. The first-order chi connectivity index (χ1) is 12.0. The third-order valence-electron chi connectivity index (χ3n) is 4.21. The number of nitrogens with zero attached hydrogens (tertiary/aromatic N) is 2. The lowest BCUT2D eigenvalue weighted by Gasteiger charge is -2.08. The fraction of sp³-hybridized carbons (Fsp3) is 0.200. The van der Waals surface area contributed by atoms with E-state index in [-0.39, 0.29) is 11.7 Å². The Balaban J connectivity index is 1.84. The molecule has 0 aliphatic rings. The van der Waals surface area contributed by atoms with Gasteiger partial charge in [-0.25, -0.2) is 4.39 Å². The molecule has 0 atom stereocenters. The van der Waals surface area contributed by atoms with E-state index in [4.69, 9.17) is 0 Å². The van der Waals surface area contributed by atoms with E-state index in [1.54, 1.807) is 26.0 Å². The zero-order valence-corrected chi connectivity index (χ0v) is 14.5. The van der Waals surface area contributed by atoms with E-state index in [9.17, 15) is 9.18 Å². The third-order valence-corrected chi connectivity index (χ3v) is 4.21. The summed E-state index contributed by atoms with van der Waals surface area (Å²) in [6.45, 7) is 5.95. The number of anilines is 1. The second kappa shape index (κ2) is 6.89. The van der Waals surface area contributed by atoms with Crippen molar-refractivity contribution in [2.24, 2.45) is 0 Å². The highest BCUT2D eigenvalue weighted by Crippen LogP contribution is 2.19. The summed E-state index contributed by atoms with van der Waals surface area (Å²) in [6, 6.07) is 14.6. The summed E-state index contributed by atoms with van der Waals surface area (Å²) in [5, 5.41) is 7.23. The van der Waals surface area contributed by atoms with Crippen LogP contribution in [0.4, 0.5) is 10.1 Å². The Morgan fingerprint density at radius 1 is 1.12 bits per heavy atom. The van der Waals surface area contributed by atoms with Crippen LogP contribution in [0.5, 0.6) is 0 Å². The first-order valence-electron chi connectivity index (χ1n) is 8.11. The van der Waals surface area contributed by atoms with Gasteiger partial charge in [0.25, 0.3) is 5.91 Å². The molecule has 4 nitrogen and oxygen atoms in total. The van der Waals surface area contributed by atoms with E-state index < -0.39 is 0 Å². The number of halogens is 1. The van der Waals surface area contributed by atoms with Crippen LogP contribution in [0.1, 0.15) is 32.9 Å². The van der Waals surface area contributed by atoms with Gasteiger partial charge in [0.1, 0.15) is 5.82 Å². The maximum absolute atomic E-state index is 13.7. The van der Waals surface area contributed by atoms with Gasteiger partial charge in [-0.05, 0) is 44.0 Å². The number of carbonyl (C=O) groups excluding carboxylic acids is 1. The molecule has 1 heterocycles. The molecule has 0 unspecified atom stereocenters. The molecule has 5 heteroatoms. The van der Waals surface area contributed by atoms with Crippen molar-refractivity contribution in [2.75, 3.05) is 5.32 Å². The van der Waals surface area contributed by atoms with Gasteiger partial charge in [0.05, 0.1) is 17.8 Å². The van der Waals surface area contributed by atoms with E-state index in [2.05, 4.69) is 10.4 Å². The van der Waals surface area contributed by atoms with Crippen LogP contribution in [0, 0.1) is 26.6 Å². The zero-order valence-electron chi connectivity index (χ0n) is 14.5. The van der Waals surface area contributed by atoms with Gasteiger partial charge in [0, 0.05) is 11.4 Å². The second-order valence-electron chi connectivity index (χ2n) is 6.11. The van der Waals surface area contributed by atoms with Crippen LogP contribution in [-0.4, -0.2) is 15.7 Å². The number of aromatic nitrogens is 2. The third kappa shape index (κ3) is 3.60. The molecule has 3 rings (SSSR count). The highest BCUT2D eigenvalue weighted by molar-refractivity contribution is 6.05. The van der Waals surface area contributed by atoms with E-state index in [1.807, 2.05) is 41.9 Å². The summed E-state index contributed by atoms with van der Waals surface area (Å²) in [5.74, 6) is -0.622. The topological polar surface area (TPSA) is 46.9 Å². The van der Waals surface area contributed by atoms with Crippen molar-refractivity contribution in [1.29, 1.82) is 0 Å². The number of rotatable bonds is 4. The Hall–Kier alpha value is -2.95. The van der Waals surface area contributed by atoms with Gasteiger partial charge in [0.15, 0.2) is 0 Å². The maximum atomic E-state index is 13.7. The largest absolute Gasteiger partial charge is 0.322 e. The van der Waals surface area contributed by atoms with Crippen LogP contribution in [0.25, 0.3) is 0 Å². The van der Waals surface area contributed by atoms with E-state index in [0.717, 1.165) is 11.3 Å². The van der Waals surface area contributed by atoms with Gasteiger partial charge in [-0.1, -0.05) is 36.4 Å². The highest BCUT2D eigenvalue weighted by atomic mass is 19.1. The number of benzene rings is 2. The summed E-state index contributed by atoms with van der Waals surface area (Å²) in [7, 11) is 0. The first kappa shape index (κ1) is 16.9. The molecule has 0 saturated carbocycles. The van der Waals surface area contributed by atoms with Crippen molar-refractivity contribution >= 4 is 11.6 Å². The Labute approximate surface area is 146 Å². The van der Waals surface area contributed by atoms with Crippen molar-refractivity contribution in [3.8, 4) is 0 Å². The van der Waals surface area contributed by atoms with Crippen molar-refractivity contribution in [3.63, 3.8) is 0 Å². The number of hydrogen-bond acceptors (Lipinski definition) is 2. The van der Waals surface area contributed by atoms with Crippen molar-refractivity contribution < 1.29 is 9.18 Å². The summed E-state index contributed by atoms with van der Waals surface area (Å²) in [6.07, 6.45) is 0. The molecule has 0 bridgehead atoms. The Kier molecular flexibility index (Phi) is 4.65. The number of hydrogen-bond donors (Lipinski definition) is 1. The molecular formula is C20H20FN3O. The predicted octanol–water partition coefficient (Wildman–Crippen LogP) is 4.25. The van der Waals surface area contributed by atoms with Crippen molar-refractivity contribution in [1.82, 2.24) is 9.78 Å².